The Bertz CT molecular complexity index is 3620. The molecule has 0 saturated carbocycles. The number of hydrogen-bond acceptors (Lipinski definition) is 24. The van der Waals surface area contributed by atoms with Crippen molar-refractivity contribution in [3.05, 3.63) is 128 Å². The Labute approximate surface area is 596 Å². The molecule has 1 aromatic heterocycles. The summed E-state index contributed by atoms with van der Waals surface area (Å²) in [7, 11) is 0. The van der Waals surface area contributed by atoms with Crippen molar-refractivity contribution in [3.63, 3.8) is 0 Å². The van der Waals surface area contributed by atoms with E-state index < -0.39 is 89.2 Å². The normalized spacial score (nSPS) is 19.5. The molecule has 0 aliphatic carbocycles. The fraction of sp³-hybridized carbons (Fsp3) is 0.485. The highest BCUT2D eigenvalue weighted by Crippen LogP contribution is 2.26. The molecule has 32 nitrogen and oxygen atoms in total. The number of amides is 6. The first-order valence-corrected chi connectivity index (χ1v) is 33.0. The van der Waals surface area contributed by atoms with E-state index in [-0.39, 0.29) is 58.1 Å². The third kappa shape index (κ3) is 24.2. The zero-order chi connectivity index (χ0) is 72.8. The van der Waals surface area contributed by atoms with Gasteiger partial charge in [-0.05, 0) is 161 Å². The number of aliphatic hydroxyl groups excluding tert-OH is 3. The van der Waals surface area contributed by atoms with E-state index >= 15 is 0 Å². The minimum Gasteiger partial charge on any atom is -0.479 e. The zero-order valence-corrected chi connectivity index (χ0v) is 58.3. The lowest BCUT2D eigenvalue weighted by molar-refractivity contribution is -0.178. The van der Waals surface area contributed by atoms with Crippen LogP contribution in [0.4, 0.5) is 17.1 Å². The number of ether oxygens (including phenoxy) is 8. The van der Waals surface area contributed by atoms with Gasteiger partial charge in [0.1, 0.15) is 11.2 Å². The number of nitrogen functional groups attached to an aromatic ring is 1. The van der Waals surface area contributed by atoms with Crippen LogP contribution in [0.25, 0.3) is 11.4 Å². The number of H-pyrrole nitrogens is 1. The van der Waals surface area contributed by atoms with Crippen molar-refractivity contribution in [2.75, 3.05) is 134 Å². The van der Waals surface area contributed by atoms with Crippen LogP contribution in [0.5, 0.6) is 0 Å². The molecule has 6 atom stereocenters. The summed E-state index contributed by atoms with van der Waals surface area (Å²) in [4.78, 5) is 129. The number of esters is 2. The first kappa shape index (κ1) is 81.2. The molecule has 5 aromatic rings. The van der Waals surface area contributed by atoms with E-state index in [0.717, 1.165) is 14.7 Å². The van der Waals surface area contributed by atoms with Gasteiger partial charge >= 0.3 is 23.7 Å². The zero-order valence-electron chi connectivity index (χ0n) is 56.1. The van der Waals surface area contributed by atoms with Gasteiger partial charge in [-0.1, -0.05) is 12.6 Å². The lowest BCUT2D eigenvalue weighted by Gasteiger charge is -2.34. The van der Waals surface area contributed by atoms with Crippen molar-refractivity contribution < 1.29 is 106 Å². The van der Waals surface area contributed by atoms with Crippen molar-refractivity contribution in [1.29, 1.82) is 0 Å². The summed E-state index contributed by atoms with van der Waals surface area (Å²) in [6.07, 6.45) is -9.20. The van der Waals surface area contributed by atoms with Crippen LogP contribution in [0, 0.1) is 3.57 Å². The second-order valence-electron chi connectivity index (χ2n) is 24.8. The molecule has 4 aromatic carbocycles. The molecule has 6 saturated heterocycles. The predicted octanol–water partition coefficient (Wildman–Crippen LogP) is 2.15. The number of aliphatic carboxylic acids is 1. The standard InChI is InChI=1S/C21H28N2O7.C17H20N2O7.C11H12INO2.C10H17NO5.C8H7N3O2.CH4/c1-21(2,3)30-20(27)16(24)17-19(26)23(10-13-29-17)15-6-4-14(5-7-15)18(25)22-8-11-28-12-9-22;20-13(17(23)24)14-16(22)19(7-10-26-14)12-3-1-11(2-4-12)15(21)18-5-8-25-9-6-18;12-10-3-1-9(2-4-10)11(14)13-5-7-15-8-6-13;1-10(2,3)16-9(14)6(12)7-8(13)11-4-5-15-7;9-6-3-1-5(2-4-6)7-10-8(12)13-11-7;/h4-7,16-17,24H,8-13H2,1-3H3;1-4,13-14,20H,5-10H2,(H,23,24);1-4H,5-8H2;6-7,12H,4-5H2,1-3H3,(H,11,13);1-4H,9H2,(H,10,11,12);1H4/t16-,17-;13-,14-;;6-,7-;;/m11.1../s1. The number of aliphatic hydroxyl groups is 3. The van der Waals surface area contributed by atoms with Gasteiger partial charge in [0.25, 0.3) is 35.4 Å². The fourth-order valence-electron chi connectivity index (χ4n) is 10.1. The number of rotatable bonds is 12. The lowest BCUT2D eigenvalue weighted by Crippen LogP contribution is -2.55. The molecule has 550 valence electrons. The number of benzene rings is 4. The summed E-state index contributed by atoms with van der Waals surface area (Å²) in [5, 5.41) is 44.4. The molecule has 0 spiro atoms. The number of nitrogens with two attached hydrogens (primary N) is 1. The van der Waals surface area contributed by atoms with Crippen molar-refractivity contribution >= 4 is 93.0 Å². The van der Waals surface area contributed by atoms with Gasteiger partial charge in [-0.2, -0.15) is 0 Å². The molecule has 6 amide bonds. The van der Waals surface area contributed by atoms with E-state index in [0.29, 0.717) is 119 Å². The lowest BCUT2D eigenvalue weighted by atomic mass is 10.1. The van der Waals surface area contributed by atoms with Gasteiger partial charge in [-0.15, -0.1) is 0 Å². The smallest absolute Gasteiger partial charge is 0.439 e. The minimum absolute atomic E-state index is 0. The fourth-order valence-corrected chi connectivity index (χ4v) is 10.4. The SMILES string of the molecule is C.CC(C)(C)OC(=O)[C@H](O)[C@H]1OCCN(c2ccc(C(=O)N3CCOCC3)cc2)C1=O.CC(C)(C)OC(=O)[C@H](O)[C@H]1OCCNC1=O.Nc1ccc(-c2noc(=O)[nH]2)cc1.O=C(O)[C@H](O)[C@H]1OCCN(c2ccc(C(=O)N3CCOCC3)cc2)C1=O.O=C(c1ccc(I)cc1)N1CCOCC1. The van der Waals surface area contributed by atoms with Crippen molar-refractivity contribution in [1.82, 2.24) is 30.2 Å². The van der Waals surface area contributed by atoms with Gasteiger partial charge in [0.05, 0.1) is 59.5 Å². The Morgan fingerprint density at radius 2 is 0.891 bits per heavy atom. The van der Waals surface area contributed by atoms with Crippen LogP contribution >= 0.6 is 22.6 Å². The second kappa shape index (κ2) is 38.3. The average Bonchev–Trinajstić information content (AvgIpc) is 1.27. The first-order chi connectivity index (χ1) is 47.5. The number of halogens is 1. The Morgan fingerprint density at radius 1 is 0.525 bits per heavy atom. The largest absolute Gasteiger partial charge is 0.479 e. The van der Waals surface area contributed by atoms with Gasteiger partial charge in [0, 0.05) is 102 Å². The number of carboxylic acid groups (broad SMARTS) is 1. The maximum Gasteiger partial charge on any atom is 0.439 e. The van der Waals surface area contributed by atoms with E-state index in [9.17, 15) is 63.3 Å². The average molecular weight is 1530 g/mol. The van der Waals surface area contributed by atoms with E-state index in [1.807, 2.05) is 29.2 Å². The highest BCUT2D eigenvalue weighted by atomic mass is 127. The third-order valence-electron chi connectivity index (χ3n) is 15.1. The van der Waals surface area contributed by atoms with Crippen LogP contribution < -0.4 is 26.6 Å². The number of hydrogen-bond donors (Lipinski definition) is 7. The number of anilines is 3. The van der Waals surface area contributed by atoms with Gasteiger partial charge in [-0.3, -0.25) is 38.3 Å². The monoisotopic (exact) mass is 1530 g/mol. The molecule has 11 rings (SSSR count). The number of nitrogens with zero attached hydrogens (tertiary/aromatic N) is 6. The van der Waals surface area contributed by atoms with Gasteiger partial charge in [0.2, 0.25) is 0 Å². The molecule has 101 heavy (non-hydrogen) atoms. The molecule has 7 heterocycles. The van der Waals surface area contributed by atoms with Crippen LogP contribution in [0.15, 0.2) is 106 Å². The number of aromatic amines is 1. The van der Waals surface area contributed by atoms with Crippen LogP contribution in [-0.4, -0.2) is 265 Å². The highest BCUT2D eigenvalue weighted by molar-refractivity contribution is 14.1. The summed E-state index contributed by atoms with van der Waals surface area (Å²) in [6, 6.07) is 27.8. The molecular weight excluding hydrogens is 1440 g/mol. The number of carboxylic acids is 1. The van der Waals surface area contributed by atoms with Crippen molar-refractivity contribution in [3.8, 4) is 11.4 Å². The number of nitrogens with one attached hydrogen (secondary N) is 2. The Kier molecular flexibility index (Phi) is 30.8. The number of carbonyl (C=O) groups excluding carboxylic acids is 8. The maximum atomic E-state index is 12.8. The van der Waals surface area contributed by atoms with E-state index in [4.69, 9.17) is 48.7 Å². The van der Waals surface area contributed by atoms with E-state index in [1.165, 1.54) is 9.80 Å². The van der Waals surface area contributed by atoms with Gasteiger partial charge in [-0.25, -0.2) is 19.2 Å². The predicted molar refractivity (Wildman–Crippen MR) is 370 cm³/mol. The van der Waals surface area contributed by atoms with Gasteiger partial charge < -0.3 is 93.9 Å². The molecule has 0 radical (unpaired) electrons. The second-order valence-corrected chi connectivity index (χ2v) is 26.0. The Hall–Kier alpha value is -8.78. The number of carbonyl (C=O) groups is 9. The quantitative estimate of drug-likeness (QED) is 0.0534. The van der Waals surface area contributed by atoms with E-state index in [1.54, 1.807) is 124 Å². The van der Waals surface area contributed by atoms with E-state index in [2.05, 4.69) is 42.6 Å². The Morgan fingerprint density at radius 3 is 1.25 bits per heavy atom. The number of morpholine rings is 6. The molecule has 33 heteroatoms. The molecular formula is C68H88IN9O23. The number of aromatic nitrogens is 2. The topological polar surface area (TPSA) is 422 Å². The van der Waals surface area contributed by atoms with Crippen LogP contribution in [0.1, 0.15) is 80.0 Å². The van der Waals surface area contributed by atoms with Crippen molar-refractivity contribution in [2.45, 2.75) is 96.8 Å². The van der Waals surface area contributed by atoms with Crippen LogP contribution in [0.3, 0.4) is 0 Å². The Balaban J connectivity index is 0.000000206. The van der Waals surface area contributed by atoms with Crippen LogP contribution in [0.2, 0.25) is 0 Å². The summed E-state index contributed by atoms with van der Waals surface area (Å²) in [6.45, 7) is 18.4. The molecule has 8 N–H and O–H groups in total. The summed E-state index contributed by atoms with van der Waals surface area (Å²) < 4.78 is 46.8. The molecule has 6 aliphatic heterocycles. The van der Waals surface area contributed by atoms with Crippen LogP contribution in [-0.2, 0) is 66.7 Å². The first-order valence-electron chi connectivity index (χ1n) is 32.0. The minimum atomic E-state index is -1.92. The molecule has 6 fully saturated rings. The highest BCUT2D eigenvalue weighted by Gasteiger charge is 2.43. The van der Waals surface area contributed by atoms with Gasteiger partial charge in [0.15, 0.2) is 42.4 Å². The maximum absolute atomic E-state index is 12.8. The third-order valence-corrected chi connectivity index (χ3v) is 15.8. The molecule has 0 bridgehead atoms. The van der Waals surface area contributed by atoms with Crippen molar-refractivity contribution in [2.24, 2.45) is 0 Å². The summed E-state index contributed by atoms with van der Waals surface area (Å²) in [5.74, 6) is -5.18. The molecule has 6 aliphatic rings. The summed E-state index contributed by atoms with van der Waals surface area (Å²) >= 11 is 2.23. The summed E-state index contributed by atoms with van der Waals surface area (Å²) in [5.41, 5.74) is 8.27. The molecule has 0 unspecified atom stereocenters.